The third-order valence-electron chi connectivity index (χ3n) is 4.25. The number of hydrogen-bond acceptors (Lipinski definition) is 6. The lowest BCUT2D eigenvalue weighted by molar-refractivity contribution is -0.275. The molecule has 142 valence electrons. The highest BCUT2D eigenvalue weighted by Gasteiger charge is 2.36. The summed E-state index contributed by atoms with van der Waals surface area (Å²) in [5, 5.41) is 8.38. The van der Waals surface area contributed by atoms with Crippen LogP contribution in [0.5, 0.6) is 5.75 Å². The second kappa shape index (κ2) is 6.63. The molecule has 1 aliphatic carbocycles. The van der Waals surface area contributed by atoms with Gasteiger partial charge in [-0.3, -0.25) is 0 Å². The Bertz CT molecular complexity index is 842. The molecule has 26 heavy (non-hydrogen) atoms. The molecule has 0 bridgehead atoms. The summed E-state index contributed by atoms with van der Waals surface area (Å²) in [5.41, 5.74) is 5.48. The SMILES string of the molecule is C[C@H](Nc1cc(-c2n[nH]c(=O)o2)cc(F)c1OC(F)(F)F)C1CC(N)C1. The van der Waals surface area contributed by atoms with Gasteiger partial charge in [0.1, 0.15) is 0 Å². The molecular formula is C15H16F4N4O3. The van der Waals surface area contributed by atoms with Crippen LogP contribution in [0.25, 0.3) is 11.5 Å². The fraction of sp³-hybridized carbons (Fsp3) is 0.467. The summed E-state index contributed by atoms with van der Waals surface area (Å²) in [6.07, 6.45) is -3.65. The van der Waals surface area contributed by atoms with Crippen LogP contribution in [0.1, 0.15) is 19.8 Å². The van der Waals surface area contributed by atoms with E-state index in [9.17, 15) is 22.4 Å². The Morgan fingerprint density at radius 1 is 1.42 bits per heavy atom. The number of aromatic amines is 1. The Labute approximate surface area is 144 Å². The molecule has 4 N–H and O–H groups in total. The van der Waals surface area contributed by atoms with Gasteiger partial charge >= 0.3 is 12.1 Å². The van der Waals surface area contributed by atoms with Gasteiger partial charge in [-0.05, 0) is 37.8 Å². The molecule has 0 unspecified atom stereocenters. The second-order valence-corrected chi connectivity index (χ2v) is 6.23. The fourth-order valence-corrected chi connectivity index (χ4v) is 2.88. The van der Waals surface area contributed by atoms with Crippen molar-refractivity contribution in [2.45, 2.75) is 38.2 Å². The van der Waals surface area contributed by atoms with E-state index >= 15 is 0 Å². The van der Waals surface area contributed by atoms with E-state index in [2.05, 4.69) is 15.2 Å². The number of nitrogens with zero attached hydrogens (tertiary/aromatic N) is 1. The molecule has 1 aromatic carbocycles. The Morgan fingerprint density at radius 3 is 2.65 bits per heavy atom. The third kappa shape index (κ3) is 3.98. The molecule has 2 aromatic rings. The first-order chi connectivity index (χ1) is 12.1. The van der Waals surface area contributed by atoms with Crippen molar-refractivity contribution in [1.82, 2.24) is 10.2 Å². The highest BCUT2D eigenvalue weighted by Crippen LogP contribution is 2.38. The van der Waals surface area contributed by atoms with Crippen molar-refractivity contribution in [1.29, 1.82) is 0 Å². The van der Waals surface area contributed by atoms with Crippen LogP contribution < -0.4 is 21.5 Å². The van der Waals surface area contributed by atoms with Crippen molar-refractivity contribution in [3.05, 3.63) is 28.5 Å². The van der Waals surface area contributed by atoms with Gasteiger partial charge in [0.2, 0.25) is 5.89 Å². The molecule has 0 spiro atoms. The van der Waals surface area contributed by atoms with Crippen LogP contribution in [-0.4, -0.2) is 28.6 Å². The van der Waals surface area contributed by atoms with E-state index in [0.29, 0.717) is 12.8 Å². The van der Waals surface area contributed by atoms with E-state index in [0.717, 1.165) is 6.07 Å². The van der Waals surface area contributed by atoms with Gasteiger partial charge in [-0.1, -0.05) is 0 Å². The number of nitrogens with two attached hydrogens (primary N) is 1. The van der Waals surface area contributed by atoms with Gasteiger partial charge in [0.25, 0.3) is 0 Å². The predicted octanol–water partition coefficient (Wildman–Crippen LogP) is 2.61. The van der Waals surface area contributed by atoms with E-state index in [4.69, 9.17) is 10.2 Å². The van der Waals surface area contributed by atoms with Crippen LogP contribution in [0, 0.1) is 11.7 Å². The maximum atomic E-state index is 14.3. The zero-order valence-corrected chi connectivity index (χ0v) is 13.6. The Hall–Kier alpha value is -2.56. The molecule has 0 radical (unpaired) electrons. The maximum absolute atomic E-state index is 14.3. The van der Waals surface area contributed by atoms with Crippen LogP contribution in [0.2, 0.25) is 0 Å². The summed E-state index contributed by atoms with van der Waals surface area (Å²) < 4.78 is 60.8. The van der Waals surface area contributed by atoms with E-state index in [1.54, 1.807) is 6.92 Å². The Balaban J connectivity index is 1.96. The first-order valence-electron chi connectivity index (χ1n) is 7.79. The van der Waals surface area contributed by atoms with E-state index in [1.807, 2.05) is 5.10 Å². The average molecular weight is 376 g/mol. The number of H-pyrrole nitrogens is 1. The topological polar surface area (TPSA) is 106 Å². The van der Waals surface area contributed by atoms with Gasteiger partial charge in [0, 0.05) is 17.6 Å². The summed E-state index contributed by atoms with van der Waals surface area (Å²) in [6.45, 7) is 1.76. The van der Waals surface area contributed by atoms with Crippen molar-refractivity contribution in [2.75, 3.05) is 5.32 Å². The Morgan fingerprint density at radius 2 is 2.12 bits per heavy atom. The molecule has 3 rings (SSSR count). The van der Waals surface area contributed by atoms with Crippen LogP contribution in [0.4, 0.5) is 23.2 Å². The molecule has 11 heteroatoms. The maximum Gasteiger partial charge on any atom is 0.573 e. The monoisotopic (exact) mass is 376 g/mol. The number of rotatable bonds is 5. The highest BCUT2D eigenvalue weighted by molar-refractivity contribution is 5.68. The van der Waals surface area contributed by atoms with Gasteiger partial charge in [0.05, 0.1) is 5.69 Å². The zero-order chi connectivity index (χ0) is 19.1. The van der Waals surface area contributed by atoms with Gasteiger partial charge in [-0.25, -0.2) is 14.3 Å². The number of nitrogens with one attached hydrogen (secondary N) is 2. The number of alkyl halides is 3. The molecule has 0 amide bonds. The van der Waals surface area contributed by atoms with Crippen molar-refractivity contribution in [3.8, 4) is 17.2 Å². The first kappa shape index (κ1) is 18.2. The average Bonchev–Trinajstić information content (AvgIpc) is 2.92. The van der Waals surface area contributed by atoms with Crippen LogP contribution in [-0.2, 0) is 0 Å². The lowest BCUT2D eigenvalue weighted by Gasteiger charge is -2.37. The number of ether oxygens (including phenoxy) is 1. The number of aromatic nitrogens is 2. The minimum Gasteiger partial charge on any atom is -0.400 e. The number of anilines is 1. The number of halogens is 4. The minimum absolute atomic E-state index is 0.0182. The molecular weight excluding hydrogens is 360 g/mol. The Kier molecular flexibility index (Phi) is 4.65. The summed E-state index contributed by atoms with van der Waals surface area (Å²) in [4.78, 5) is 11.1. The highest BCUT2D eigenvalue weighted by atomic mass is 19.4. The molecule has 1 atom stereocenters. The largest absolute Gasteiger partial charge is 0.573 e. The van der Waals surface area contributed by atoms with E-state index < -0.39 is 23.7 Å². The van der Waals surface area contributed by atoms with Crippen molar-refractivity contribution in [2.24, 2.45) is 11.7 Å². The number of hydrogen-bond donors (Lipinski definition) is 3. The molecule has 7 nitrogen and oxygen atoms in total. The smallest absolute Gasteiger partial charge is 0.400 e. The molecule has 1 saturated carbocycles. The normalized spacial score (nSPS) is 21.2. The predicted molar refractivity (Wildman–Crippen MR) is 83.0 cm³/mol. The second-order valence-electron chi connectivity index (χ2n) is 6.23. The molecule has 1 heterocycles. The fourth-order valence-electron chi connectivity index (χ4n) is 2.88. The van der Waals surface area contributed by atoms with Crippen molar-refractivity contribution in [3.63, 3.8) is 0 Å². The molecule has 1 aromatic heterocycles. The summed E-state index contributed by atoms with van der Waals surface area (Å²) in [6, 6.07) is 1.70. The van der Waals surface area contributed by atoms with Gasteiger partial charge in [0.15, 0.2) is 11.6 Å². The van der Waals surface area contributed by atoms with E-state index in [-0.39, 0.29) is 35.1 Å². The lowest BCUT2D eigenvalue weighted by atomic mass is 9.76. The van der Waals surface area contributed by atoms with Crippen molar-refractivity contribution < 1.29 is 26.7 Å². The standard InChI is InChI=1S/C15H16F4N4O3/c1-6(7-2-9(20)3-7)21-11-5-8(13-22-23-14(24)25-13)4-10(16)12(11)26-15(17,18)19/h4-7,9,21H,2-3,20H2,1H3,(H,23,24)/t6-,7?,9?/m0/s1. The third-order valence-corrected chi connectivity index (χ3v) is 4.25. The number of benzene rings is 1. The summed E-state index contributed by atoms with van der Waals surface area (Å²) in [5.74, 6) is -3.25. The molecule has 1 aliphatic rings. The van der Waals surface area contributed by atoms with Gasteiger partial charge in [-0.15, -0.1) is 18.3 Å². The summed E-state index contributed by atoms with van der Waals surface area (Å²) in [7, 11) is 0. The zero-order valence-electron chi connectivity index (χ0n) is 13.6. The quantitative estimate of drug-likeness (QED) is 0.693. The van der Waals surface area contributed by atoms with E-state index in [1.165, 1.54) is 6.07 Å². The lowest BCUT2D eigenvalue weighted by Crippen LogP contribution is -2.44. The van der Waals surface area contributed by atoms with Crippen molar-refractivity contribution >= 4 is 5.69 Å². The van der Waals surface area contributed by atoms with Crippen LogP contribution in [0.15, 0.2) is 21.3 Å². The molecule has 0 aliphatic heterocycles. The molecule has 0 saturated heterocycles. The minimum atomic E-state index is -5.07. The van der Waals surface area contributed by atoms with Crippen LogP contribution in [0.3, 0.4) is 0 Å². The van der Waals surface area contributed by atoms with Gasteiger partial charge in [-0.2, -0.15) is 0 Å². The molecule has 1 fully saturated rings. The van der Waals surface area contributed by atoms with Crippen LogP contribution >= 0.6 is 0 Å². The summed E-state index contributed by atoms with van der Waals surface area (Å²) >= 11 is 0. The van der Waals surface area contributed by atoms with Gasteiger partial charge < -0.3 is 20.2 Å². The first-order valence-corrected chi connectivity index (χ1v) is 7.79.